The van der Waals surface area contributed by atoms with Crippen molar-refractivity contribution in [3.8, 4) is 0 Å². The number of aromatic nitrogens is 2. The van der Waals surface area contributed by atoms with E-state index in [-0.39, 0.29) is 0 Å². The van der Waals surface area contributed by atoms with Gasteiger partial charge in [0.05, 0.1) is 22.1 Å². The van der Waals surface area contributed by atoms with Crippen LogP contribution in [0.15, 0.2) is 18.2 Å². The van der Waals surface area contributed by atoms with Gasteiger partial charge < -0.3 is 9.88 Å². The second-order valence-electron chi connectivity index (χ2n) is 4.99. The summed E-state index contributed by atoms with van der Waals surface area (Å²) in [6, 6.07) is 6.28. The van der Waals surface area contributed by atoms with Crippen molar-refractivity contribution in [1.29, 1.82) is 0 Å². The minimum atomic E-state index is 0.362. The predicted molar refractivity (Wildman–Crippen MR) is 74.9 cm³/mol. The van der Waals surface area contributed by atoms with Crippen LogP contribution in [0.25, 0.3) is 11.0 Å². The summed E-state index contributed by atoms with van der Waals surface area (Å²) < 4.78 is 2.14. The van der Waals surface area contributed by atoms with Gasteiger partial charge >= 0.3 is 0 Å². The molecule has 1 N–H and O–H groups in total. The summed E-state index contributed by atoms with van der Waals surface area (Å²) in [6.07, 6.45) is 5.01. The van der Waals surface area contributed by atoms with Crippen LogP contribution in [0.4, 0.5) is 0 Å². The minimum absolute atomic E-state index is 0.362. The van der Waals surface area contributed by atoms with Crippen molar-refractivity contribution in [3.05, 3.63) is 29.0 Å². The summed E-state index contributed by atoms with van der Waals surface area (Å²) in [7, 11) is 2.06. The van der Waals surface area contributed by atoms with Crippen LogP contribution < -0.4 is 5.32 Å². The Morgan fingerprint density at radius 1 is 1.33 bits per heavy atom. The normalized spacial score (nSPS) is 21.1. The van der Waals surface area contributed by atoms with Crippen molar-refractivity contribution in [1.82, 2.24) is 14.9 Å². The molecule has 18 heavy (non-hydrogen) atoms. The summed E-state index contributed by atoms with van der Waals surface area (Å²) >= 11 is 6.27. The van der Waals surface area contributed by atoms with Crippen molar-refractivity contribution in [2.75, 3.05) is 6.54 Å². The van der Waals surface area contributed by atoms with E-state index < -0.39 is 0 Å². The van der Waals surface area contributed by atoms with E-state index in [0.29, 0.717) is 6.04 Å². The lowest BCUT2D eigenvalue weighted by Gasteiger charge is -2.15. The zero-order valence-corrected chi connectivity index (χ0v) is 11.4. The Kier molecular flexibility index (Phi) is 3.27. The minimum Gasteiger partial charge on any atom is -0.329 e. The van der Waals surface area contributed by atoms with E-state index in [1.165, 1.54) is 19.3 Å². The first kappa shape index (κ1) is 12.0. The third-order valence-electron chi connectivity index (χ3n) is 3.75. The third kappa shape index (κ3) is 2.02. The van der Waals surface area contributed by atoms with Gasteiger partial charge in [-0.1, -0.05) is 30.5 Å². The fourth-order valence-electron chi connectivity index (χ4n) is 2.80. The Hall–Kier alpha value is -1.06. The second-order valence-corrected chi connectivity index (χ2v) is 5.40. The molecule has 1 aliphatic heterocycles. The molecule has 0 amide bonds. The Balaban J connectivity index is 2.06. The van der Waals surface area contributed by atoms with Gasteiger partial charge in [-0.15, -0.1) is 0 Å². The number of nitrogens with one attached hydrogen (secondary N) is 1. The molecule has 0 radical (unpaired) electrons. The summed E-state index contributed by atoms with van der Waals surface area (Å²) in [4.78, 5) is 4.75. The summed E-state index contributed by atoms with van der Waals surface area (Å²) in [5, 5.41) is 4.37. The number of hydrogen-bond donors (Lipinski definition) is 1. The molecule has 2 heterocycles. The Labute approximate surface area is 112 Å². The van der Waals surface area contributed by atoms with Crippen molar-refractivity contribution in [2.45, 2.75) is 31.7 Å². The summed E-state index contributed by atoms with van der Waals surface area (Å²) in [5.74, 6) is 1.11. The third-order valence-corrected chi connectivity index (χ3v) is 4.06. The SMILES string of the molecule is Cn1c(C2CCCCCN2)nc2cccc(Cl)c21. The van der Waals surface area contributed by atoms with Crippen LogP contribution in [0.3, 0.4) is 0 Å². The quantitative estimate of drug-likeness (QED) is 0.854. The van der Waals surface area contributed by atoms with Gasteiger partial charge in [-0.05, 0) is 31.5 Å². The van der Waals surface area contributed by atoms with Gasteiger partial charge in [0.2, 0.25) is 0 Å². The molecular formula is C14H18ClN3. The highest BCUT2D eigenvalue weighted by Crippen LogP contribution is 2.28. The average Bonchev–Trinajstić information content (AvgIpc) is 2.56. The van der Waals surface area contributed by atoms with Crippen LogP contribution in [-0.4, -0.2) is 16.1 Å². The van der Waals surface area contributed by atoms with Gasteiger partial charge in [0.1, 0.15) is 5.82 Å². The molecule has 1 aromatic heterocycles. The monoisotopic (exact) mass is 263 g/mol. The topological polar surface area (TPSA) is 29.9 Å². The molecule has 0 bridgehead atoms. The lowest BCUT2D eigenvalue weighted by Crippen LogP contribution is -2.23. The van der Waals surface area contributed by atoms with Gasteiger partial charge in [0.25, 0.3) is 0 Å². The van der Waals surface area contributed by atoms with Crippen LogP contribution >= 0.6 is 11.6 Å². The molecule has 1 saturated heterocycles. The number of fused-ring (bicyclic) bond motifs is 1. The Bertz CT molecular complexity index is 553. The van der Waals surface area contributed by atoms with Crippen molar-refractivity contribution < 1.29 is 0 Å². The maximum absolute atomic E-state index is 6.27. The van der Waals surface area contributed by atoms with Crippen LogP contribution in [0.2, 0.25) is 5.02 Å². The van der Waals surface area contributed by atoms with Crippen molar-refractivity contribution >= 4 is 22.6 Å². The molecule has 96 valence electrons. The standard InChI is InChI=1S/C14H18ClN3/c1-18-13-10(15)6-5-8-11(13)17-14(18)12-7-3-2-4-9-16-12/h5-6,8,12,16H,2-4,7,9H2,1H3. The molecule has 1 unspecified atom stereocenters. The van der Waals surface area contributed by atoms with Crippen LogP contribution in [0.5, 0.6) is 0 Å². The molecule has 1 atom stereocenters. The highest BCUT2D eigenvalue weighted by atomic mass is 35.5. The number of imidazole rings is 1. The van der Waals surface area contributed by atoms with Gasteiger partial charge in [-0.2, -0.15) is 0 Å². The fourth-order valence-corrected chi connectivity index (χ4v) is 3.10. The fraction of sp³-hybridized carbons (Fsp3) is 0.500. The van der Waals surface area contributed by atoms with Gasteiger partial charge in [-0.3, -0.25) is 0 Å². The predicted octanol–water partition coefficient (Wildman–Crippen LogP) is 3.43. The van der Waals surface area contributed by atoms with Gasteiger partial charge in [-0.25, -0.2) is 4.98 Å². The Morgan fingerprint density at radius 3 is 3.06 bits per heavy atom. The average molecular weight is 264 g/mol. The maximum atomic E-state index is 6.27. The molecule has 3 rings (SSSR count). The number of rotatable bonds is 1. The number of hydrogen-bond acceptors (Lipinski definition) is 2. The highest BCUT2D eigenvalue weighted by Gasteiger charge is 2.20. The molecule has 1 fully saturated rings. The smallest absolute Gasteiger partial charge is 0.126 e. The van der Waals surface area contributed by atoms with E-state index >= 15 is 0 Å². The molecule has 0 saturated carbocycles. The molecule has 1 aromatic carbocycles. The largest absolute Gasteiger partial charge is 0.329 e. The Morgan fingerprint density at radius 2 is 2.22 bits per heavy atom. The van der Waals surface area contributed by atoms with E-state index in [4.69, 9.17) is 16.6 Å². The van der Waals surface area contributed by atoms with Crippen molar-refractivity contribution in [3.63, 3.8) is 0 Å². The second kappa shape index (κ2) is 4.90. The van der Waals surface area contributed by atoms with Gasteiger partial charge in [0, 0.05) is 7.05 Å². The zero-order valence-electron chi connectivity index (χ0n) is 10.6. The number of para-hydroxylation sites is 1. The number of benzene rings is 1. The molecular weight excluding hydrogens is 246 g/mol. The maximum Gasteiger partial charge on any atom is 0.126 e. The lowest BCUT2D eigenvalue weighted by atomic mass is 10.1. The zero-order chi connectivity index (χ0) is 12.5. The van der Waals surface area contributed by atoms with Crippen molar-refractivity contribution in [2.24, 2.45) is 7.05 Å². The van der Waals surface area contributed by atoms with E-state index in [1.54, 1.807) is 0 Å². The van der Waals surface area contributed by atoms with E-state index in [2.05, 4.69) is 16.9 Å². The first-order valence-corrected chi connectivity index (χ1v) is 6.99. The van der Waals surface area contributed by atoms with E-state index in [0.717, 1.165) is 34.8 Å². The molecule has 0 spiro atoms. The number of halogens is 1. The number of nitrogens with zero attached hydrogens (tertiary/aromatic N) is 2. The first-order valence-electron chi connectivity index (χ1n) is 6.61. The van der Waals surface area contributed by atoms with E-state index in [1.807, 2.05) is 18.2 Å². The molecule has 1 aliphatic rings. The molecule has 2 aromatic rings. The molecule has 3 nitrogen and oxygen atoms in total. The van der Waals surface area contributed by atoms with Crippen LogP contribution in [0, 0.1) is 0 Å². The molecule has 4 heteroatoms. The van der Waals surface area contributed by atoms with E-state index in [9.17, 15) is 0 Å². The summed E-state index contributed by atoms with van der Waals surface area (Å²) in [5.41, 5.74) is 2.03. The number of aryl methyl sites for hydroxylation is 1. The summed E-state index contributed by atoms with van der Waals surface area (Å²) in [6.45, 7) is 1.08. The molecule has 0 aliphatic carbocycles. The van der Waals surface area contributed by atoms with Crippen LogP contribution in [0.1, 0.15) is 37.5 Å². The first-order chi connectivity index (χ1) is 8.77. The van der Waals surface area contributed by atoms with Crippen LogP contribution in [-0.2, 0) is 7.05 Å². The highest BCUT2D eigenvalue weighted by molar-refractivity contribution is 6.35. The lowest BCUT2D eigenvalue weighted by molar-refractivity contribution is 0.496. The van der Waals surface area contributed by atoms with Gasteiger partial charge in [0.15, 0.2) is 0 Å².